The van der Waals surface area contributed by atoms with Crippen LogP contribution in [0.3, 0.4) is 0 Å². The minimum Gasteiger partial charge on any atom is -0.379 e. The lowest BCUT2D eigenvalue weighted by Crippen LogP contribution is -2.48. The Morgan fingerprint density at radius 2 is 2.10 bits per heavy atom. The predicted molar refractivity (Wildman–Crippen MR) is 86.7 cm³/mol. The molecule has 0 amide bonds. The van der Waals surface area contributed by atoms with Crippen LogP contribution in [0.4, 0.5) is 0 Å². The highest BCUT2D eigenvalue weighted by Crippen LogP contribution is 2.34. The van der Waals surface area contributed by atoms with Crippen molar-refractivity contribution < 1.29 is 4.74 Å². The standard InChI is InChI=1S/C17H33N3O/c1-2-5-17(6-3-7-18-14-17)15-19-8-4-16(13-19)20-9-11-21-12-10-20/h16,18H,2-15H2,1H3. The van der Waals surface area contributed by atoms with Crippen molar-refractivity contribution in [3.8, 4) is 0 Å². The number of morpholine rings is 1. The second kappa shape index (κ2) is 7.40. The van der Waals surface area contributed by atoms with Gasteiger partial charge in [-0.3, -0.25) is 4.90 Å². The van der Waals surface area contributed by atoms with Gasteiger partial charge in [-0.15, -0.1) is 0 Å². The quantitative estimate of drug-likeness (QED) is 0.833. The zero-order valence-corrected chi connectivity index (χ0v) is 13.8. The van der Waals surface area contributed by atoms with E-state index in [4.69, 9.17) is 4.74 Å². The van der Waals surface area contributed by atoms with Crippen LogP contribution in [0.2, 0.25) is 0 Å². The van der Waals surface area contributed by atoms with Gasteiger partial charge in [0.05, 0.1) is 13.2 Å². The molecule has 4 nitrogen and oxygen atoms in total. The molecule has 0 aromatic carbocycles. The van der Waals surface area contributed by atoms with Gasteiger partial charge in [-0.05, 0) is 44.2 Å². The van der Waals surface area contributed by atoms with Gasteiger partial charge in [0.1, 0.15) is 0 Å². The van der Waals surface area contributed by atoms with Crippen molar-refractivity contribution in [2.24, 2.45) is 5.41 Å². The third kappa shape index (κ3) is 3.98. The molecule has 0 aromatic rings. The molecule has 3 saturated heterocycles. The van der Waals surface area contributed by atoms with Crippen LogP contribution in [0.25, 0.3) is 0 Å². The van der Waals surface area contributed by atoms with Gasteiger partial charge in [0.15, 0.2) is 0 Å². The normalized spacial score (nSPS) is 36.1. The molecule has 1 N–H and O–H groups in total. The number of ether oxygens (including phenoxy) is 1. The van der Waals surface area contributed by atoms with Crippen molar-refractivity contribution in [2.45, 2.75) is 45.1 Å². The van der Waals surface area contributed by atoms with E-state index in [0.717, 1.165) is 32.3 Å². The Morgan fingerprint density at radius 3 is 2.81 bits per heavy atom. The van der Waals surface area contributed by atoms with E-state index in [2.05, 4.69) is 22.0 Å². The van der Waals surface area contributed by atoms with E-state index >= 15 is 0 Å². The minimum atomic E-state index is 0.549. The van der Waals surface area contributed by atoms with Crippen LogP contribution < -0.4 is 5.32 Å². The summed E-state index contributed by atoms with van der Waals surface area (Å²) in [6.45, 7) is 12.8. The van der Waals surface area contributed by atoms with Crippen molar-refractivity contribution in [3.05, 3.63) is 0 Å². The highest BCUT2D eigenvalue weighted by Gasteiger charge is 2.36. The lowest BCUT2D eigenvalue weighted by Gasteiger charge is -2.41. The Kier molecular flexibility index (Phi) is 5.54. The van der Waals surface area contributed by atoms with Gasteiger partial charge in [0.2, 0.25) is 0 Å². The number of hydrogen-bond donors (Lipinski definition) is 1. The molecular formula is C17H33N3O. The topological polar surface area (TPSA) is 27.7 Å². The van der Waals surface area contributed by atoms with E-state index in [1.807, 2.05) is 0 Å². The highest BCUT2D eigenvalue weighted by molar-refractivity contribution is 4.92. The summed E-state index contributed by atoms with van der Waals surface area (Å²) < 4.78 is 5.49. The third-order valence-corrected chi connectivity index (χ3v) is 5.71. The molecule has 2 unspecified atom stereocenters. The summed E-state index contributed by atoms with van der Waals surface area (Å²) in [5.41, 5.74) is 0.549. The first kappa shape index (κ1) is 15.7. The fourth-order valence-corrected chi connectivity index (χ4v) is 4.66. The molecule has 0 saturated carbocycles. The SMILES string of the molecule is CCCC1(CN2CCC(N3CCOCC3)C2)CCCNC1. The summed E-state index contributed by atoms with van der Waals surface area (Å²) >= 11 is 0. The number of rotatable bonds is 5. The van der Waals surface area contributed by atoms with Crippen LogP contribution in [-0.2, 0) is 4.74 Å². The van der Waals surface area contributed by atoms with Gasteiger partial charge in [-0.25, -0.2) is 0 Å². The molecule has 0 radical (unpaired) electrons. The molecule has 3 rings (SSSR count). The van der Waals surface area contributed by atoms with Crippen molar-refractivity contribution in [3.63, 3.8) is 0 Å². The van der Waals surface area contributed by atoms with Crippen LogP contribution in [0.1, 0.15) is 39.0 Å². The molecule has 0 aromatic heterocycles. The van der Waals surface area contributed by atoms with Crippen molar-refractivity contribution in [1.29, 1.82) is 0 Å². The van der Waals surface area contributed by atoms with Crippen molar-refractivity contribution >= 4 is 0 Å². The summed E-state index contributed by atoms with van der Waals surface area (Å²) in [5.74, 6) is 0. The van der Waals surface area contributed by atoms with Gasteiger partial charge in [0.25, 0.3) is 0 Å². The number of nitrogens with one attached hydrogen (secondary N) is 1. The van der Waals surface area contributed by atoms with Crippen LogP contribution in [0, 0.1) is 5.41 Å². The average molecular weight is 295 g/mol. The Hall–Kier alpha value is -0.160. The van der Waals surface area contributed by atoms with E-state index < -0.39 is 0 Å². The molecule has 0 bridgehead atoms. The molecule has 3 aliphatic heterocycles. The second-order valence-corrected chi connectivity index (χ2v) is 7.36. The smallest absolute Gasteiger partial charge is 0.0594 e. The second-order valence-electron chi connectivity index (χ2n) is 7.36. The molecule has 0 aliphatic carbocycles. The summed E-state index contributed by atoms with van der Waals surface area (Å²) in [5, 5.41) is 3.66. The Morgan fingerprint density at radius 1 is 1.24 bits per heavy atom. The molecule has 0 spiro atoms. The van der Waals surface area contributed by atoms with Crippen LogP contribution in [0.15, 0.2) is 0 Å². The zero-order valence-electron chi connectivity index (χ0n) is 13.8. The van der Waals surface area contributed by atoms with E-state index in [1.54, 1.807) is 0 Å². The first-order valence-corrected chi connectivity index (χ1v) is 9.06. The van der Waals surface area contributed by atoms with Gasteiger partial charge < -0.3 is 15.0 Å². The van der Waals surface area contributed by atoms with E-state index in [0.29, 0.717) is 5.41 Å². The number of nitrogens with zero attached hydrogens (tertiary/aromatic N) is 2. The Bertz CT molecular complexity index is 306. The Labute approximate surface area is 130 Å². The van der Waals surface area contributed by atoms with E-state index in [9.17, 15) is 0 Å². The maximum absolute atomic E-state index is 5.49. The van der Waals surface area contributed by atoms with E-state index in [1.165, 1.54) is 64.8 Å². The van der Waals surface area contributed by atoms with Gasteiger partial charge in [-0.2, -0.15) is 0 Å². The fourth-order valence-electron chi connectivity index (χ4n) is 4.66. The molecule has 3 heterocycles. The van der Waals surface area contributed by atoms with Gasteiger partial charge >= 0.3 is 0 Å². The zero-order chi connectivity index (χ0) is 14.5. The average Bonchev–Trinajstić information content (AvgIpc) is 2.97. The molecule has 4 heteroatoms. The summed E-state index contributed by atoms with van der Waals surface area (Å²) in [4.78, 5) is 5.41. The molecule has 21 heavy (non-hydrogen) atoms. The van der Waals surface area contributed by atoms with E-state index in [-0.39, 0.29) is 0 Å². The monoisotopic (exact) mass is 295 g/mol. The largest absolute Gasteiger partial charge is 0.379 e. The number of hydrogen-bond acceptors (Lipinski definition) is 4. The van der Waals surface area contributed by atoms with Crippen LogP contribution in [-0.4, -0.2) is 74.9 Å². The number of likely N-dealkylation sites (tertiary alicyclic amines) is 1. The lowest BCUT2D eigenvalue weighted by atomic mass is 9.76. The first-order chi connectivity index (χ1) is 10.3. The third-order valence-electron chi connectivity index (χ3n) is 5.71. The molecular weight excluding hydrogens is 262 g/mol. The number of piperidine rings is 1. The van der Waals surface area contributed by atoms with Crippen molar-refractivity contribution in [1.82, 2.24) is 15.1 Å². The molecule has 3 fully saturated rings. The predicted octanol–water partition coefficient (Wildman–Crippen LogP) is 1.56. The fraction of sp³-hybridized carbons (Fsp3) is 1.00. The summed E-state index contributed by atoms with van der Waals surface area (Å²) in [6.07, 6.45) is 6.85. The van der Waals surface area contributed by atoms with Gasteiger partial charge in [0, 0.05) is 38.8 Å². The highest BCUT2D eigenvalue weighted by atomic mass is 16.5. The summed E-state index contributed by atoms with van der Waals surface area (Å²) in [6, 6.07) is 0.782. The first-order valence-electron chi connectivity index (χ1n) is 9.06. The molecule has 122 valence electrons. The minimum absolute atomic E-state index is 0.549. The van der Waals surface area contributed by atoms with Crippen LogP contribution in [0.5, 0.6) is 0 Å². The van der Waals surface area contributed by atoms with Gasteiger partial charge in [-0.1, -0.05) is 13.3 Å². The maximum atomic E-state index is 5.49. The molecule has 3 aliphatic rings. The van der Waals surface area contributed by atoms with Crippen LogP contribution >= 0.6 is 0 Å². The lowest BCUT2D eigenvalue weighted by molar-refractivity contribution is 0.0170. The maximum Gasteiger partial charge on any atom is 0.0594 e. The molecule has 2 atom stereocenters. The summed E-state index contributed by atoms with van der Waals surface area (Å²) in [7, 11) is 0. The van der Waals surface area contributed by atoms with Crippen molar-refractivity contribution in [2.75, 3.05) is 59.0 Å². The Balaban J connectivity index is 1.52.